The molecule has 0 spiro atoms. The molecule has 1 N–H and O–H groups in total. The van der Waals surface area contributed by atoms with Crippen LogP contribution >= 0.6 is 0 Å². The molecule has 0 aliphatic heterocycles. The normalized spacial score (nSPS) is 10.5. The van der Waals surface area contributed by atoms with E-state index in [0.29, 0.717) is 18.0 Å². The number of esters is 2. The number of hydrogen-bond donors (Lipinski definition) is 1. The fourth-order valence-corrected chi connectivity index (χ4v) is 2.92. The second-order valence-corrected chi connectivity index (χ2v) is 6.13. The van der Waals surface area contributed by atoms with Crippen molar-refractivity contribution in [3.8, 4) is 5.75 Å². The van der Waals surface area contributed by atoms with Crippen molar-refractivity contribution in [1.29, 1.82) is 0 Å². The number of nitrogens with zero attached hydrogens (tertiary/aromatic N) is 1. The van der Waals surface area contributed by atoms with Crippen LogP contribution in [-0.2, 0) is 16.6 Å². The summed E-state index contributed by atoms with van der Waals surface area (Å²) in [7, 11) is 1.78. The van der Waals surface area contributed by atoms with Gasteiger partial charge in [-0.1, -0.05) is 12.1 Å². The fraction of sp³-hybridized carbons (Fsp3) is 0.190. The number of nitrogens with one attached hydrogen (secondary N) is 1. The molecule has 3 rings (SSSR count). The number of carbonyl (C=O) groups excluding carboxylic acids is 3. The molecule has 7 nitrogen and oxygen atoms in total. The summed E-state index contributed by atoms with van der Waals surface area (Å²) in [6.45, 7) is 3.32. The van der Waals surface area contributed by atoms with Gasteiger partial charge in [-0.3, -0.25) is 9.59 Å². The van der Waals surface area contributed by atoms with Crippen molar-refractivity contribution in [2.45, 2.75) is 13.8 Å². The number of benzene rings is 2. The molecule has 1 amide bonds. The van der Waals surface area contributed by atoms with Crippen LogP contribution in [0.4, 0.5) is 5.69 Å². The third-order valence-electron chi connectivity index (χ3n) is 4.17. The van der Waals surface area contributed by atoms with E-state index in [1.165, 1.54) is 6.92 Å². The quantitative estimate of drug-likeness (QED) is 0.540. The van der Waals surface area contributed by atoms with Gasteiger partial charge in [0, 0.05) is 30.6 Å². The number of rotatable bonds is 5. The minimum Gasteiger partial charge on any atom is -0.461 e. The highest BCUT2D eigenvalue weighted by atomic mass is 16.5. The highest BCUT2D eigenvalue weighted by Gasteiger charge is 2.16. The van der Waals surface area contributed by atoms with Gasteiger partial charge in [-0.2, -0.15) is 0 Å². The van der Waals surface area contributed by atoms with Crippen LogP contribution in [0.5, 0.6) is 5.75 Å². The first kappa shape index (κ1) is 19.2. The van der Waals surface area contributed by atoms with E-state index in [9.17, 15) is 14.4 Å². The number of amides is 1. The highest BCUT2D eigenvalue weighted by Crippen LogP contribution is 2.25. The second-order valence-electron chi connectivity index (χ2n) is 6.13. The van der Waals surface area contributed by atoms with Crippen molar-refractivity contribution in [1.82, 2.24) is 4.57 Å². The largest absolute Gasteiger partial charge is 0.461 e. The van der Waals surface area contributed by atoms with Crippen molar-refractivity contribution in [3.63, 3.8) is 0 Å². The van der Waals surface area contributed by atoms with Crippen molar-refractivity contribution in [2.75, 3.05) is 11.9 Å². The van der Waals surface area contributed by atoms with Gasteiger partial charge >= 0.3 is 11.9 Å². The molecular weight excluding hydrogens is 360 g/mol. The Labute approximate surface area is 161 Å². The zero-order valence-electron chi connectivity index (χ0n) is 15.8. The number of anilines is 1. The van der Waals surface area contributed by atoms with E-state index in [-0.39, 0.29) is 11.3 Å². The van der Waals surface area contributed by atoms with Gasteiger partial charge in [0.25, 0.3) is 5.91 Å². The van der Waals surface area contributed by atoms with E-state index in [4.69, 9.17) is 9.47 Å². The molecule has 2 aromatic carbocycles. The summed E-state index contributed by atoms with van der Waals surface area (Å²) in [6.07, 6.45) is 0. The number of aromatic nitrogens is 1. The summed E-state index contributed by atoms with van der Waals surface area (Å²) < 4.78 is 11.9. The molecule has 28 heavy (non-hydrogen) atoms. The lowest BCUT2D eigenvalue weighted by Gasteiger charge is -2.10. The molecule has 0 atom stereocenters. The maximum Gasteiger partial charge on any atom is 0.354 e. The highest BCUT2D eigenvalue weighted by molar-refractivity contribution is 6.07. The number of hydrogen-bond acceptors (Lipinski definition) is 5. The molecule has 0 unspecified atom stereocenters. The second kappa shape index (κ2) is 7.96. The first-order valence-corrected chi connectivity index (χ1v) is 8.76. The standard InChI is InChI=1S/C21H20N2O5/c1-4-27-21(26)18-12-14-11-15(9-10-17(14)23(18)3)22-20(25)16-7-5-6-8-19(16)28-13(2)24/h5-12H,4H2,1-3H3,(H,22,25). The van der Waals surface area contributed by atoms with Crippen molar-refractivity contribution < 1.29 is 23.9 Å². The summed E-state index contributed by atoms with van der Waals surface area (Å²) in [6, 6.07) is 13.5. The van der Waals surface area contributed by atoms with Crippen molar-refractivity contribution in [2.24, 2.45) is 7.05 Å². The third-order valence-corrected chi connectivity index (χ3v) is 4.17. The zero-order chi connectivity index (χ0) is 20.3. The van der Waals surface area contributed by atoms with Crippen LogP contribution in [0.2, 0.25) is 0 Å². The molecule has 0 radical (unpaired) electrons. The fourth-order valence-electron chi connectivity index (χ4n) is 2.92. The van der Waals surface area contributed by atoms with Gasteiger partial charge in [0.2, 0.25) is 0 Å². The summed E-state index contributed by atoms with van der Waals surface area (Å²) >= 11 is 0. The lowest BCUT2D eigenvalue weighted by Crippen LogP contribution is -2.14. The Bertz CT molecular complexity index is 1070. The number of ether oxygens (including phenoxy) is 2. The Morgan fingerprint density at radius 3 is 2.54 bits per heavy atom. The molecule has 0 fully saturated rings. The molecule has 7 heteroatoms. The molecule has 0 saturated heterocycles. The van der Waals surface area contributed by atoms with Gasteiger partial charge in [0.15, 0.2) is 0 Å². The average Bonchev–Trinajstić information content (AvgIpc) is 2.98. The predicted octanol–water partition coefficient (Wildman–Crippen LogP) is 3.53. The van der Waals surface area contributed by atoms with E-state index >= 15 is 0 Å². The summed E-state index contributed by atoms with van der Waals surface area (Å²) in [5.41, 5.74) is 2.07. The van der Waals surface area contributed by atoms with Crippen LogP contribution in [0.3, 0.4) is 0 Å². The lowest BCUT2D eigenvalue weighted by molar-refractivity contribution is -0.131. The molecule has 0 saturated carbocycles. The maximum atomic E-state index is 12.6. The van der Waals surface area contributed by atoms with Gasteiger partial charge in [-0.25, -0.2) is 4.79 Å². The SMILES string of the molecule is CCOC(=O)c1cc2cc(NC(=O)c3ccccc3OC(C)=O)ccc2n1C. The number of fused-ring (bicyclic) bond motifs is 1. The first-order valence-electron chi connectivity index (χ1n) is 8.76. The van der Waals surface area contributed by atoms with Crippen LogP contribution in [0.25, 0.3) is 10.9 Å². The first-order chi connectivity index (χ1) is 13.4. The van der Waals surface area contributed by atoms with E-state index in [0.717, 1.165) is 10.9 Å². The van der Waals surface area contributed by atoms with Crippen LogP contribution in [-0.4, -0.2) is 29.0 Å². The molecular formula is C21H20N2O5. The maximum absolute atomic E-state index is 12.6. The predicted molar refractivity (Wildman–Crippen MR) is 105 cm³/mol. The minimum absolute atomic E-state index is 0.192. The van der Waals surface area contributed by atoms with Crippen molar-refractivity contribution >= 4 is 34.4 Å². The van der Waals surface area contributed by atoms with Crippen LogP contribution < -0.4 is 10.1 Å². The Hall–Kier alpha value is -3.61. The van der Waals surface area contributed by atoms with E-state index in [1.807, 2.05) is 6.07 Å². The Morgan fingerprint density at radius 2 is 1.82 bits per heavy atom. The summed E-state index contributed by atoms with van der Waals surface area (Å²) in [5.74, 6) is -1.12. The molecule has 144 valence electrons. The smallest absolute Gasteiger partial charge is 0.354 e. The van der Waals surface area contributed by atoms with Gasteiger partial charge in [0.05, 0.1) is 12.2 Å². The van der Waals surface area contributed by atoms with Crippen LogP contribution in [0.15, 0.2) is 48.5 Å². The monoisotopic (exact) mass is 380 g/mol. The molecule has 1 aromatic heterocycles. The number of carbonyl (C=O) groups is 3. The lowest BCUT2D eigenvalue weighted by atomic mass is 10.1. The van der Waals surface area contributed by atoms with E-state index in [1.54, 1.807) is 61.0 Å². The molecule has 1 heterocycles. The van der Waals surface area contributed by atoms with Gasteiger partial charge in [0.1, 0.15) is 11.4 Å². The minimum atomic E-state index is -0.502. The summed E-state index contributed by atoms with van der Waals surface area (Å²) in [5, 5.41) is 3.58. The van der Waals surface area contributed by atoms with E-state index < -0.39 is 17.8 Å². The van der Waals surface area contributed by atoms with E-state index in [2.05, 4.69) is 5.32 Å². The zero-order valence-corrected chi connectivity index (χ0v) is 15.8. The Kier molecular flexibility index (Phi) is 5.44. The van der Waals surface area contributed by atoms with Gasteiger partial charge in [-0.15, -0.1) is 0 Å². The molecule has 0 bridgehead atoms. The topological polar surface area (TPSA) is 86.6 Å². The Morgan fingerprint density at radius 1 is 1.07 bits per heavy atom. The molecule has 3 aromatic rings. The average molecular weight is 380 g/mol. The number of para-hydroxylation sites is 1. The van der Waals surface area contributed by atoms with Crippen LogP contribution in [0.1, 0.15) is 34.7 Å². The summed E-state index contributed by atoms with van der Waals surface area (Å²) in [4.78, 5) is 35.9. The van der Waals surface area contributed by atoms with Crippen molar-refractivity contribution in [3.05, 3.63) is 59.8 Å². The van der Waals surface area contributed by atoms with Gasteiger partial charge in [-0.05, 0) is 43.3 Å². The molecule has 0 aliphatic carbocycles. The van der Waals surface area contributed by atoms with Crippen LogP contribution in [0, 0.1) is 0 Å². The van der Waals surface area contributed by atoms with Gasteiger partial charge < -0.3 is 19.4 Å². The molecule has 0 aliphatic rings. The third kappa shape index (κ3) is 3.88. The number of aryl methyl sites for hydroxylation is 1. The Balaban J connectivity index is 1.88.